The predicted molar refractivity (Wildman–Crippen MR) is 78.4 cm³/mol. The van der Waals surface area contributed by atoms with Crippen LogP contribution in [0.4, 0.5) is 0 Å². The Kier molecular flexibility index (Phi) is 6.02. The van der Waals surface area contributed by atoms with Crippen LogP contribution in [0.25, 0.3) is 0 Å². The Morgan fingerprint density at radius 2 is 2.16 bits per heavy atom. The number of esters is 1. The fourth-order valence-electron chi connectivity index (χ4n) is 1.66. The van der Waals surface area contributed by atoms with E-state index in [1.165, 1.54) is 0 Å². The summed E-state index contributed by atoms with van der Waals surface area (Å²) in [5, 5.41) is 0. The largest absolute Gasteiger partial charge is 0.453 e. The molecule has 1 aliphatic rings. The van der Waals surface area contributed by atoms with Crippen LogP contribution in [0.2, 0.25) is 0 Å². The first kappa shape index (κ1) is 16.7. The Hall–Kier alpha value is -0.390. The summed E-state index contributed by atoms with van der Waals surface area (Å²) in [6.45, 7) is 7.42. The number of cyclic esters (lactones) is 1. The van der Waals surface area contributed by atoms with Crippen LogP contribution in [0.1, 0.15) is 40.5 Å². The van der Waals surface area contributed by atoms with Crippen molar-refractivity contribution in [3.63, 3.8) is 0 Å². The molecule has 3 atom stereocenters. The first-order valence-corrected chi connectivity index (χ1v) is 8.07. The zero-order chi connectivity index (χ0) is 14.6. The number of ether oxygens (including phenoxy) is 1. The Morgan fingerprint density at radius 3 is 2.58 bits per heavy atom. The van der Waals surface area contributed by atoms with Crippen LogP contribution >= 0.6 is 11.6 Å². The van der Waals surface area contributed by atoms with Gasteiger partial charge < -0.3 is 4.74 Å². The average molecular weight is 308 g/mol. The second-order valence-electron chi connectivity index (χ2n) is 5.66. The Balaban J connectivity index is 2.73. The number of carbonyl (C=O) groups is 1. The van der Waals surface area contributed by atoms with Gasteiger partial charge in [0.25, 0.3) is 0 Å². The molecule has 0 fully saturated rings. The number of alkyl halides is 1. The van der Waals surface area contributed by atoms with Crippen LogP contribution in [0.15, 0.2) is 11.6 Å². The summed E-state index contributed by atoms with van der Waals surface area (Å²) in [6, 6.07) is -0.166. The van der Waals surface area contributed by atoms with E-state index in [2.05, 4.69) is 4.72 Å². The highest BCUT2D eigenvalue weighted by molar-refractivity contribution is 7.84. The first-order valence-electron chi connectivity index (χ1n) is 6.39. The Bertz CT molecular complexity index is 390. The standard InChI is InChI=1S/C13H22ClNO3S/c1-9-8-11(18-12(9)16)10(6-5-7-14)15-19(17)13(2,3)4/h8,10-11,15H,5-7H2,1-4H3/t10-,11-,19+/m0/s1. The molecule has 0 spiro atoms. The molecular formula is C13H22ClNO3S. The molecule has 0 radical (unpaired) electrons. The third kappa shape index (κ3) is 4.89. The maximum Gasteiger partial charge on any atom is 0.334 e. The van der Waals surface area contributed by atoms with Gasteiger partial charge in [-0.3, -0.25) is 0 Å². The third-order valence-electron chi connectivity index (χ3n) is 2.84. The van der Waals surface area contributed by atoms with Crippen LogP contribution in [-0.4, -0.2) is 33.0 Å². The smallest absolute Gasteiger partial charge is 0.334 e. The van der Waals surface area contributed by atoms with Gasteiger partial charge in [-0.15, -0.1) is 11.6 Å². The fraction of sp³-hybridized carbons (Fsp3) is 0.769. The quantitative estimate of drug-likeness (QED) is 0.605. The van der Waals surface area contributed by atoms with Gasteiger partial charge in [0.1, 0.15) is 6.10 Å². The molecule has 19 heavy (non-hydrogen) atoms. The summed E-state index contributed by atoms with van der Waals surface area (Å²) in [5.74, 6) is 0.230. The monoisotopic (exact) mass is 307 g/mol. The van der Waals surface area contributed by atoms with Gasteiger partial charge in [0, 0.05) is 11.5 Å². The molecule has 0 aromatic rings. The van der Waals surface area contributed by atoms with Crippen LogP contribution in [0, 0.1) is 0 Å². The van der Waals surface area contributed by atoms with E-state index in [9.17, 15) is 9.00 Å². The van der Waals surface area contributed by atoms with Crippen molar-refractivity contribution in [2.45, 2.75) is 57.4 Å². The summed E-state index contributed by atoms with van der Waals surface area (Å²) >= 11 is 5.71. The second-order valence-corrected chi connectivity index (χ2v) is 8.03. The van der Waals surface area contributed by atoms with Gasteiger partial charge in [-0.05, 0) is 46.6 Å². The zero-order valence-corrected chi connectivity index (χ0v) is 13.4. The van der Waals surface area contributed by atoms with Gasteiger partial charge in [0.2, 0.25) is 0 Å². The molecule has 0 unspecified atom stereocenters. The fourth-order valence-corrected chi connectivity index (χ4v) is 2.70. The van der Waals surface area contributed by atoms with E-state index in [4.69, 9.17) is 16.3 Å². The third-order valence-corrected chi connectivity index (χ3v) is 4.74. The van der Waals surface area contributed by atoms with E-state index in [0.29, 0.717) is 17.9 Å². The van der Waals surface area contributed by atoms with E-state index in [1.54, 1.807) is 13.0 Å². The highest BCUT2D eigenvalue weighted by Gasteiger charge is 2.32. The average Bonchev–Trinajstić information content (AvgIpc) is 2.63. The summed E-state index contributed by atoms with van der Waals surface area (Å²) in [6.07, 6.45) is 2.92. The van der Waals surface area contributed by atoms with Gasteiger partial charge >= 0.3 is 5.97 Å². The minimum atomic E-state index is -1.20. The lowest BCUT2D eigenvalue weighted by atomic mass is 10.1. The van der Waals surface area contributed by atoms with Crippen LogP contribution in [-0.2, 0) is 20.5 Å². The highest BCUT2D eigenvalue weighted by Crippen LogP contribution is 2.20. The normalized spacial score (nSPS) is 22.9. The van der Waals surface area contributed by atoms with Crippen molar-refractivity contribution in [3.05, 3.63) is 11.6 Å². The summed E-state index contributed by atoms with van der Waals surface area (Å²) in [5.41, 5.74) is 0.601. The van der Waals surface area contributed by atoms with Gasteiger partial charge in [0.05, 0.1) is 21.8 Å². The number of nitrogens with one attached hydrogen (secondary N) is 1. The molecule has 0 saturated carbocycles. The summed E-state index contributed by atoms with van der Waals surface area (Å²) in [4.78, 5) is 11.4. The van der Waals surface area contributed by atoms with Gasteiger partial charge in [-0.25, -0.2) is 13.7 Å². The lowest BCUT2D eigenvalue weighted by Gasteiger charge is -2.26. The molecule has 1 aliphatic heterocycles. The van der Waals surface area contributed by atoms with Crippen LogP contribution in [0.3, 0.4) is 0 Å². The lowest BCUT2D eigenvalue weighted by Crippen LogP contribution is -2.45. The molecule has 0 aromatic heterocycles. The molecule has 0 bridgehead atoms. The number of rotatable bonds is 6. The van der Waals surface area contributed by atoms with E-state index >= 15 is 0 Å². The van der Waals surface area contributed by atoms with E-state index in [-0.39, 0.29) is 22.9 Å². The van der Waals surface area contributed by atoms with E-state index in [0.717, 1.165) is 6.42 Å². The minimum absolute atomic E-state index is 0.166. The molecule has 0 saturated heterocycles. The number of hydrogen-bond donors (Lipinski definition) is 1. The molecule has 0 aromatic carbocycles. The molecular weight excluding hydrogens is 286 g/mol. The Morgan fingerprint density at radius 1 is 1.53 bits per heavy atom. The van der Waals surface area contributed by atoms with Gasteiger partial charge in [0.15, 0.2) is 0 Å². The van der Waals surface area contributed by atoms with E-state index < -0.39 is 11.0 Å². The van der Waals surface area contributed by atoms with Crippen LogP contribution < -0.4 is 4.72 Å². The number of halogens is 1. The second kappa shape index (κ2) is 6.86. The van der Waals surface area contributed by atoms with Crippen molar-refractivity contribution >= 4 is 28.6 Å². The predicted octanol–water partition coefficient (Wildman–Crippen LogP) is 2.30. The number of hydrogen-bond acceptors (Lipinski definition) is 3. The maximum absolute atomic E-state index is 12.2. The van der Waals surface area contributed by atoms with Crippen molar-refractivity contribution in [2.24, 2.45) is 0 Å². The van der Waals surface area contributed by atoms with Crippen molar-refractivity contribution in [1.82, 2.24) is 4.72 Å². The molecule has 0 aliphatic carbocycles. The number of carbonyl (C=O) groups excluding carboxylic acids is 1. The van der Waals surface area contributed by atoms with Crippen LogP contribution in [0.5, 0.6) is 0 Å². The Labute approximate surface area is 122 Å². The lowest BCUT2D eigenvalue weighted by molar-refractivity contribution is -0.140. The minimum Gasteiger partial charge on any atom is -0.453 e. The molecule has 6 heteroatoms. The van der Waals surface area contributed by atoms with E-state index in [1.807, 2.05) is 20.8 Å². The van der Waals surface area contributed by atoms with Gasteiger partial charge in [-0.2, -0.15) is 0 Å². The maximum atomic E-state index is 12.2. The SMILES string of the molecule is CC1=C[C@@H]([C@H](CCCCl)N[S@](=O)C(C)(C)C)OC1=O. The molecule has 1 N–H and O–H groups in total. The van der Waals surface area contributed by atoms with Crippen molar-refractivity contribution < 1.29 is 13.7 Å². The van der Waals surface area contributed by atoms with Crippen molar-refractivity contribution in [3.8, 4) is 0 Å². The van der Waals surface area contributed by atoms with Gasteiger partial charge in [-0.1, -0.05) is 0 Å². The van der Waals surface area contributed by atoms with Crippen molar-refractivity contribution in [2.75, 3.05) is 5.88 Å². The molecule has 110 valence electrons. The zero-order valence-electron chi connectivity index (χ0n) is 11.9. The molecule has 1 heterocycles. The summed E-state index contributed by atoms with van der Waals surface area (Å²) < 4.78 is 20.1. The molecule has 4 nitrogen and oxygen atoms in total. The molecule has 1 rings (SSSR count). The highest BCUT2D eigenvalue weighted by atomic mass is 35.5. The topological polar surface area (TPSA) is 55.4 Å². The molecule has 0 amide bonds. The summed E-state index contributed by atoms with van der Waals surface area (Å²) in [7, 11) is -1.20. The van der Waals surface area contributed by atoms with Crippen molar-refractivity contribution in [1.29, 1.82) is 0 Å². The first-order chi connectivity index (χ1) is 8.75.